The van der Waals surface area contributed by atoms with Gasteiger partial charge in [0.15, 0.2) is 5.82 Å². The number of nitrogens with one attached hydrogen (secondary N) is 1. The Morgan fingerprint density at radius 2 is 1.88 bits per heavy atom. The highest BCUT2D eigenvalue weighted by atomic mass is 16.5. The molecule has 0 radical (unpaired) electrons. The van der Waals surface area contributed by atoms with Crippen LogP contribution in [0.3, 0.4) is 0 Å². The van der Waals surface area contributed by atoms with Gasteiger partial charge in [-0.15, -0.1) is 0 Å². The van der Waals surface area contributed by atoms with Crippen LogP contribution in [0.25, 0.3) is 0 Å². The van der Waals surface area contributed by atoms with Gasteiger partial charge >= 0.3 is 0 Å². The highest BCUT2D eigenvalue weighted by molar-refractivity contribution is 6.01. The summed E-state index contributed by atoms with van der Waals surface area (Å²) in [5, 5.41) is 6.49. The monoisotopic (exact) mass is 460 g/mol. The molecule has 182 valence electrons. The van der Waals surface area contributed by atoms with E-state index < -0.39 is 0 Å². The Labute approximate surface area is 196 Å². The van der Waals surface area contributed by atoms with Crippen LogP contribution < -0.4 is 14.8 Å². The quantitative estimate of drug-likeness (QED) is 0.488. The van der Waals surface area contributed by atoms with Crippen molar-refractivity contribution in [2.75, 3.05) is 45.7 Å². The van der Waals surface area contributed by atoms with Crippen LogP contribution in [0.5, 0.6) is 11.5 Å². The number of carbonyl (C=O) groups is 2. The minimum atomic E-state index is -0.347. The number of ether oxygens (including phenoxy) is 2. The third-order valence-electron chi connectivity index (χ3n) is 5.63. The Morgan fingerprint density at radius 1 is 1.15 bits per heavy atom. The third kappa shape index (κ3) is 7.49. The number of carbonyl (C=O) groups excluding carboxylic acids is 2. The highest BCUT2D eigenvalue weighted by Gasteiger charge is 2.27. The molecule has 1 atom stereocenters. The molecule has 1 unspecified atom stereocenters. The lowest BCUT2D eigenvalue weighted by Crippen LogP contribution is -2.44. The number of anilines is 1. The summed E-state index contributed by atoms with van der Waals surface area (Å²) in [5.41, 5.74) is 0.374. The van der Waals surface area contributed by atoms with Crippen molar-refractivity contribution in [2.45, 2.75) is 46.6 Å². The molecule has 2 rings (SSSR count). The summed E-state index contributed by atoms with van der Waals surface area (Å²) in [6.45, 7) is 10.8. The molecule has 0 aliphatic carbocycles. The summed E-state index contributed by atoms with van der Waals surface area (Å²) in [7, 11) is 3.06. The molecular weight excluding hydrogens is 424 g/mol. The molecule has 0 aliphatic rings. The van der Waals surface area contributed by atoms with Crippen molar-refractivity contribution in [1.82, 2.24) is 15.0 Å². The second-order valence-corrected chi connectivity index (χ2v) is 7.89. The van der Waals surface area contributed by atoms with Crippen LogP contribution in [0.2, 0.25) is 0 Å². The van der Waals surface area contributed by atoms with Crippen molar-refractivity contribution >= 4 is 17.6 Å². The zero-order chi connectivity index (χ0) is 24.4. The number of benzene rings is 1. The van der Waals surface area contributed by atoms with Crippen LogP contribution in [0.1, 0.15) is 49.7 Å². The average molecular weight is 461 g/mol. The van der Waals surface area contributed by atoms with E-state index in [1.807, 2.05) is 6.92 Å². The van der Waals surface area contributed by atoms with Gasteiger partial charge in [-0.2, -0.15) is 0 Å². The Kier molecular flexibility index (Phi) is 10.2. The number of methoxy groups -OCH3 is 2. The Balaban J connectivity index is 2.21. The number of rotatable bonds is 13. The topological polar surface area (TPSA) is 97.1 Å². The van der Waals surface area contributed by atoms with E-state index in [2.05, 4.69) is 29.2 Å². The fraction of sp³-hybridized carbons (Fsp3) is 0.542. The first-order valence-electron chi connectivity index (χ1n) is 11.3. The van der Waals surface area contributed by atoms with E-state index in [9.17, 15) is 9.59 Å². The van der Waals surface area contributed by atoms with Gasteiger partial charge in [0.25, 0.3) is 5.91 Å². The lowest BCUT2D eigenvalue weighted by molar-refractivity contribution is -0.117. The van der Waals surface area contributed by atoms with Gasteiger partial charge in [0.2, 0.25) is 5.91 Å². The molecule has 1 N–H and O–H groups in total. The minimum absolute atomic E-state index is 0.119. The summed E-state index contributed by atoms with van der Waals surface area (Å²) in [5.74, 6) is 1.26. The molecule has 0 aliphatic heterocycles. The van der Waals surface area contributed by atoms with Crippen LogP contribution in [0.15, 0.2) is 28.8 Å². The molecule has 1 aromatic heterocycles. The van der Waals surface area contributed by atoms with Crippen molar-refractivity contribution < 1.29 is 23.6 Å². The van der Waals surface area contributed by atoms with Gasteiger partial charge in [0.05, 0.1) is 19.8 Å². The van der Waals surface area contributed by atoms with E-state index in [-0.39, 0.29) is 24.4 Å². The van der Waals surface area contributed by atoms with Crippen LogP contribution in [-0.4, -0.2) is 73.2 Å². The maximum Gasteiger partial charge on any atom is 0.258 e. The van der Waals surface area contributed by atoms with E-state index in [0.717, 1.165) is 32.5 Å². The Bertz CT molecular complexity index is 910. The van der Waals surface area contributed by atoms with Crippen molar-refractivity contribution in [3.63, 3.8) is 0 Å². The smallest absolute Gasteiger partial charge is 0.258 e. The van der Waals surface area contributed by atoms with Crippen LogP contribution in [-0.2, 0) is 4.79 Å². The molecule has 1 heterocycles. The zero-order valence-electron chi connectivity index (χ0n) is 20.5. The fourth-order valence-electron chi connectivity index (χ4n) is 3.63. The Morgan fingerprint density at radius 3 is 2.45 bits per heavy atom. The molecule has 2 aromatic rings. The normalized spacial score (nSPS) is 11.8. The predicted molar refractivity (Wildman–Crippen MR) is 127 cm³/mol. The van der Waals surface area contributed by atoms with Gasteiger partial charge in [0, 0.05) is 18.2 Å². The summed E-state index contributed by atoms with van der Waals surface area (Å²) < 4.78 is 15.7. The maximum atomic E-state index is 13.5. The molecular formula is C24H36N4O5. The van der Waals surface area contributed by atoms with Crippen molar-refractivity contribution in [1.29, 1.82) is 0 Å². The third-order valence-corrected chi connectivity index (χ3v) is 5.63. The zero-order valence-corrected chi connectivity index (χ0v) is 20.5. The number of hydrogen-bond donors (Lipinski definition) is 1. The van der Waals surface area contributed by atoms with Gasteiger partial charge in [0.1, 0.15) is 23.8 Å². The molecule has 0 saturated heterocycles. The van der Waals surface area contributed by atoms with Crippen molar-refractivity contribution in [3.05, 3.63) is 35.6 Å². The SMILES string of the molecule is CCN(CC)CCCC(C)N(CC(=O)Nc1cc(C)on1)C(=O)c1ccc(OC)cc1OC. The number of aryl methyl sites for hydroxylation is 1. The van der Waals surface area contributed by atoms with E-state index >= 15 is 0 Å². The van der Waals surface area contributed by atoms with E-state index in [1.165, 1.54) is 7.11 Å². The summed E-state index contributed by atoms with van der Waals surface area (Å²) in [6.07, 6.45) is 1.67. The van der Waals surface area contributed by atoms with E-state index in [1.54, 1.807) is 43.2 Å². The first kappa shape index (κ1) is 26.2. The lowest BCUT2D eigenvalue weighted by atomic mass is 10.1. The van der Waals surface area contributed by atoms with Crippen LogP contribution in [0.4, 0.5) is 5.82 Å². The molecule has 0 saturated carbocycles. The molecule has 33 heavy (non-hydrogen) atoms. The number of hydrogen-bond acceptors (Lipinski definition) is 7. The fourth-order valence-corrected chi connectivity index (χ4v) is 3.63. The largest absolute Gasteiger partial charge is 0.497 e. The van der Waals surface area contributed by atoms with Crippen molar-refractivity contribution in [2.24, 2.45) is 0 Å². The molecule has 0 spiro atoms. The maximum absolute atomic E-state index is 13.5. The lowest BCUT2D eigenvalue weighted by Gasteiger charge is -2.30. The Hall–Kier alpha value is -3.07. The molecule has 2 amide bonds. The van der Waals surface area contributed by atoms with Gasteiger partial charge in [-0.05, 0) is 58.5 Å². The summed E-state index contributed by atoms with van der Waals surface area (Å²) in [4.78, 5) is 30.2. The summed E-state index contributed by atoms with van der Waals surface area (Å²) >= 11 is 0. The van der Waals surface area contributed by atoms with Gasteiger partial charge in [-0.1, -0.05) is 19.0 Å². The first-order valence-corrected chi connectivity index (χ1v) is 11.3. The molecule has 9 heteroatoms. The van der Waals surface area contributed by atoms with Crippen molar-refractivity contribution in [3.8, 4) is 11.5 Å². The van der Waals surface area contributed by atoms with Gasteiger partial charge < -0.3 is 29.1 Å². The number of nitrogens with zero attached hydrogens (tertiary/aromatic N) is 3. The summed E-state index contributed by atoms with van der Waals surface area (Å²) in [6, 6.07) is 6.49. The van der Waals surface area contributed by atoms with Gasteiger partial charge in [-0.25, -0.2) is 0 Å². The second kappa shape index (κ2) is 12.8. The van der Waals surface area contributed by atoms with Crippen LogP contribution >= 0.6 is 0 Å². The van der Waals surface area contributed by atoms with E-state index in [0.29, 0.717) is 28.6 Å². The first-order chi connectivity index (χ1) is 15.8. The standard InChI is InChI=1S/C24H36N4O5/c1-7-27(8-2)13-9-10-17(3)28(16-23(29)25-22-14-18(4)33-26-22)24(30)20-12-11-19(31-5)15-21(20)32-6/h11-12,14-15,17H,7-10,13,16H2,1-6H3,(H,25,26,29). The molecule has 9 nitrogen and oxygen atoms in total. The highest BCUT2D eigenvalue weighted by Crippen LogP contribution is 2.27. The van der Waals surface area contributed by atoms with Crippen LogP contribution in [0, 0.1) is 6.92 Å². The van der Waals surface area contributed by atoms with E-state index in [4.69, 9.17) is 14.0 Å². The molecule has 0 bridgehead atoms. The minimum Gasteiger partial charge on any atom is -0.497 e. The molecule has 0 fully saturated rings. The molecule has 1 aromatic carbocycles. The predicted octanol–water partition coefficient (Wildman–Crippen LogP) is 3.59. The number of aromatic nitrogens is 1. The average Bonchev–Trinajstić information content (AvgIpc) is 3.23. The number of amides is 2. The van der Waals surface area contributed by atoms with Gasteiger partial charge in [-0.3, -0.25) is 9.59 Å². The second-order valence-electron chi connectivity index (χ2n) is 7.89.